The number of nitrogens with zero attached hydrogens (tertiary/aromatic N) is 4. The highest BCUT2D eigenvalue weighted by atomic mass is 19.2. The lowest BCUT2D eigenvalue weighted by molar-refractivity contribution is -0.122. The number of tetrazole rings is 1. The van der Waals surface area contributed by atoms with Crippen LogP contribution in [-0.4, -0.2) is 25.7 Å². The molecular formula is C13H13F2N5O2. The summed E-state index contributed by atoms with van der Waals surface area (Å²) in [5.41, 5.74) is -0.00768. The van der Waals surface area contributed by atoms with Crippen LogP contribution >= 0.6 is 0 Å². The lowest BCUT2D eigenvalue weighted by Gasteiger charge is -2.05. The quantitative estimate of drug-likeness (QED) is 0.865. The van der Waals surface area contributed by atoms with Gasteiger partial charge in [0.1, 0.15) is 6.54 Å². The van der Waals surface area contributed by atoms with Crippen molar-refractivity contribution in [2.75, 3.05) is 0 Å². The van der Waals surface area contributed by atoms with Gasteiger partial charge in [0.05, 0.1) is 6.04 Å². The van der Waals surface area contributed by atoms with Gasteiger partial charge >= 0.3 is 5.69 Å². The predicted molar refractivity (Wildman–Crippen MR) is 70.8 cm³/mol. The minimum Gasteiger partial charge on any atom is -0.350 e. The van der Waals surface area contributed by atoms with E-state index in [4.69, 9.17) is 0 Å². The van der Waals surface area contributed by atoms with Crippen LogP contribution < -0.4 is 11.0 Å². The zero-order valence-electron chi connectivity index (χ0n) is 11.5. The SMILES string of the molecule is O=C(Cn1nnn(C2CC2)c1=O)NCc1ccc(F)c(F)c1. The van der Waals surface area contributed by atoms with Crippen LogP contribution in [0.5, 0.6) is 0 Å². The molecule has 0 saturated heterocycles. The monoisotopic (exact) mass is 309 g/mol. The summed E-state index contributed by atoms with van der Waals surface area (Å²) in [6, 6.07) is 3.45. The predicted octanol–water partition coefficient (Wildman–Crippen LogP) is 0.369. The van der Waals surface area contributed by atoms with Crippen molar-refractivity contribution in [3.05, 3.63) is 45.9 Å². The van der Waals surface area contributed by atoms with Gasteiger partial charge in [-0.05, 0) is 41.0 Å². The Balaban J connectivity index is 1.58. The maximum Gasteiger partial charge on any atom is 0.364 e. The normalized spacial score (nSPS) is 14.1. The number of hydrogen-bond donors (Lipinski definition) is 1. The second-order valence-electron chi connectivity index (χ2n) is 5.12. The molecule has 1 aromatic carbocycles. The number of amides is 1. The first kappa shape index (κ1) is 14.4. The van der Waals surface area contributed by atoms with Gasteiger partial charge in [-0.15, -0.1) is 0 Å². The standard InChI is InChI=1S/C13H13F2N5O2/c14-10-4-1-8(5-11(10)15)6-16-12(21)7-19-13(22)20(18-17-19)9-2-3-9/h1,4-5,9H,2-3,6-7H2,(H,16,21). The van der Waals surface area contributed by atoms with E-state index in [0.29, 0.717) is 5.56 Å². The Labute approximate surface area is 123 Å². The molecular weight excluding hydrogens is 296 g/mol. The molecule has 1 amide bonds. The van der Waals surface area contributed by atoms with Crippen molar-refractivity contribution in [3.8, 4) is 0 Å². The number of carbonyl (C=O) groups is 1. The van der Waals surface area contributed by atoms with E-state index in [2.05, 4.69) is 15.7 Å². The zero-order valence-corrected chi connectivity index (χ0v) is 11.5. The molecule has 0 spiro atoms. The average molecular weight is 309 g/mol. The third kappa shape index (κ3) is 3.02. The number of hydrogen-bond acceptors (Lipinski definition) is 4. The number of rotatable bonds is 5. The molecule has 1 aliphatic rings. The van der Waals surface area contributed by atoms with Crippen molar-refractivity contribution in [3.63, 3.8) is 0 Å². The van der Waals surface area contributed by atoms with Crippen molar-refractivity contribution in [1.82, 2.24) is 25.1 Å². The van der Waals surface area contributed by atoms with Gasteiger partial charge in [0, 0.05) is 6.54 Å². The molecule has 0 aliphatic heterocycles. The number of benzene rings is 1. The number of nitrogens with one attached hydrogen (secondary N) is 1. The first-order valence-corrected chi connectivity index (χ1v) is 6.77. The van der Waals surface area contributed by atoms with Gasteiger partial charge in [-0.1, -0.05) is 6.07 Å². The summed E-state index contributed by atoms with van der Waals surface area (Å²) >= 11 is 0. The topological polar surface area (TPSA) is 81.8 Å². The molecule has 2 aromatic rings. The maximum atomic E-state index is 13.0. The Morgan fingerprint density at radius 2 is 2.05 bits per heavy atom. The minimum atomic E-state index is -0.977. The third-order valence-corrected chi connectivity index (χ3v) is 3.32. The van der Waals surface area contributed by atoms with Gasteiger partial charge in [-0.2, -0.15) is 9.36 Å². The summed E-state index contributed by atoms with van der Waals surface area (Å²) in [6.07, 6.45) is 1.78. The molecule has 9 heteroatoms. The van der Waals surface area contributed by atoms with Crippen LogP contribution in [0.1, 0.15) is 24.4 Å². The molecule has 1 aromatic heterocycles. The number of carbonyl (C=O) groups excluding carboxylic acids is 1. The van der Waals surface area contributed by atoms with E-state index < -0.39 is 23.2 Å². The minimum absolute atomic E-state index is 0.0293. The van der Waals surface area contributed by atoms with E-state index in [1.165, 1.54) is 10.7 Å². The van der Waals surface area contributed by atoms with Gasteiger partial charge < -0.3 is 5.32 Å². The van der Waals surface area contributed by atoms with E-state index in [-0.39, 0.29) is 19.1 Å². The maximum absolute atomic E-state index is 13.0. The van der Waals surface area contributed by atoms with Gasteiger partial charge in [0.2, 0.25) is 5.91 Å². The molecule has 1 aliphatic carbocycles. The zero-order chi connectivity index (χ0) is 15.7. The highest BCUT2D eigenvalue weighted by Gasteiger charge is 2.28. The highest BCUT2D eigenvalue weighted by molar-refractivity contribution is 5.75. The smallest absolute Gasteiger partial charge is 0.350 e. The summed E-state index contributed by atoms with van der Waals surface area (Å²) in [6.45, 7) is -0.239. The number of aromatic nitrogens is 4. The second kappa shape index (κ2) is 5.66. The fourth-order valence-electron chi connectivity index (χ4n) is 1.98. The van der Waals surface area contributed by atoms with Gasteiger partial charge in [0.25, 0.3) is 0 Å². The van der Waals surface area contributed by atoms with E-state index in [1.807, 2.05) is 0 Å². The van der Waals surface area contributed by atoms with Crippen LogP contribution in [0.2, 0.25) is 0 Å². The summed E-state index contributed by atoms with van der Waals surface area (Å²) in [5.74, 6) is -2.39. The Morgan fingerprint density at radius 1 is 1.27 bits per heavy atom. The molecule has 0 atom stereocenters. The molecule has 3 rings (SSSR count). The van der Waals surface area contributed by atoms with Crippen LogP contribution in [0.4, 0.5) is 8.78 Å². The van der Waals surface area contributed by atoms with Crippen LogP contribution in [0.3, 0.4) is 0 Å². The lowest BCUT2D eigenvalue weighted by atomic mass is 10.2. The van der Waals surface area contributed by atoms with Crippen molar-refractivity contribution >= 4 is 5.91 Å². The molecule has 7 nitrogen and oxygen atoms in total. The van der Waals surface area contributed by atoms with Gasteiger partial charge in [0.15, 0.2) is 11.6 Å². The highest BCUT2D eigenvalue weighted by Crippen LogP contribution is 2.32. The summed E-state index contributed by atoms with van der Waals surface area (Å²) in [5, 5.41) is 9.87. The van der Waals surface area contributed by atoms with Crippen molar-refractivity contribution in [2.45, 2.75) is 32.0 Å². The van der Waals surface area contributed by atoms with Crippen molar-refractivity contribution in [2.24, 2.45) is 0 Å². The lowest BCUT2D eigenvalue weighted by Crippen LogP contribution is -2.33. The first-order valence-electron chi connectivity index (χ1n) is 6.77. The fraction of sp³-hybridized carbons (Fsp3) is 0.385. The molecule has 1 fully saturated rings. The van der Waals surface area contributed by atoms with E-state index in [1.54, 1.807) is 0 Å². The average Bonchev–Trinajstić information content (AvgIpc) is 3.27. The molecule has 1 heterocycles. The summed E-state index contributed by atoms with van der Waals surface area (Å²) in [7, 11) is 0. The summed E-state index contributed by atoms with van der Waals surface area (Å²) in [4.78, 5) is 23.6. The Hall–Kier alpha value is -2.58. The van der Waals surface area contributed by atoms with Crippen LogP contribution in [0, 0.1) is 11.6 Å². The largest absolute Gasteiger partial charge is 0.364 e. The van der Waals surface area contributed by atoms with E-state index in [0.717, 1.165) is 29.7 Å². The molecule has 1 N–H and O–H groups in total. The van der Waals surface area contributed by atoms with Crippen LogP contribution in [0.15, 0.2) is 23.0 Å². The van der Waals surface area contributed by atoms with Gasteiger partial charge in [-0.25, -0.2) is 13.6 Å². The first-order chi connectivity index (χ1) is 10.5. The van der Waals surface area contributed by atoms with Crippen LogP contribution in [0.25, 0.3) is 0 Å². The number of halogens is 2. The summed E-state index contributed by atoms with van der Waals surface area (Å²) < 4.78 is 28.1. The molecule has 0 radical (unpaired) electrons. The Kier molecular flexibility index (Phi) is 3.70. The second-order valence-corrected chi connectivity index (χ2v) is 5.12. The molecule has 0 bridgehead atoms. The molecule has 22 heavy (non-hydrogen) atoms. The van der Waals surface area contributed by atoms with Crippen LogP contribution in [-0.2, 0) is 17.9 Å². The fourth-order valence-corrected chi connectivity index (χ4v) is 1.98. The molecule has 0 unspecified atom stereocenters. The van der Waals surface area contributed by atoms with Crippen molar-refractivity contribution in [1.29, 1.82) is 0 Å². The van der Waals surface area contributed by atoms with Crippen molar-refractivity contribution < 1.29 is 13.6 Å². The molecule has 1 saturated carbocycles. The van der Waals surface area contributed by atoms with E-state index in [9.17, 15) is 18.4 Å². The Bertz CT molecular complexity index is 766. The Morgan fingerprint density at radius 3 is 2.73 bits per heavy atom. The third-order valence-electron chi connectivity index (χ3n) is 3.32. The molecule has 116 valence electrons. The van der Waals surface area contributed by atoms with E-state index >= 15 is 0 Å². The van der Waals surface area contributed by atoms with Gasteiger partial charge in [-0.3, -0.25) is 4.79 Å².